The summed E-state index contributed by atoms with van der Waals surface area (Å²) in [6, 6.07) is 1.70. The van der Waals surface area contributed by atoms with Crippen LogP contribution in [0.5, 0.6) is 0 Å². The van der Waals surface area contributed by atoms with Gasteiger partial charge in [0.05, 0.1) is 5.69 Å². The highest BCUT2D eigenvalue weighted by Crippen LogP contribution is 2.21. The van der Waals surface area contributed by atoms with Gasteiger partial charge in [0.15, 0.2) is 0 Å². The van der Waals surface area contributed by atoms with Crippen LogP contribution in [0.25, 0.3) is 5.57 Å². The van der Waals surface area contributed by atoms with Gasteiger partial charge in [-0.2, -0.15) is 0 Å². The molecule has 0 amide bonds. The molecule has 1 aromatic rings. The minimum Gasteiger partial charge on any atom is -0.386 e. The van der Waals surface area contributed by atoms with Crippen molar-refractivity contribution in [2.75, 3.05) is 0 Å². The van der Waals surface area contributed by atoms with Crippen molar-refractivity contribution >= 4 is 5.57 Å². The highest BCUT2D eigenvalue weighted by Gasteiger charge is 2.22. The van der Waals surface area contributed by atoms with E-state index in [1.807, 2.05) is 0 Å². The maximum absolute atomic E-state index is 9.66. The van der Waals surface area contributed by atoms with Gasteiger partial charge in [0.25, 0.3) is 0 Å². The number of aliphatic hydroxyl groups is 2. The van der Waals surface area contributed by atoms with Crippen LogP contribution in [0.15, 0.2) is 36.8 Å². The summed E-state index contributed by atoms with van der Waals surface area (Å²) in [5, 5.41) is 19.0. The molecule has 1 aliphatic carbocycles. The summed E-state index contributed by atoms with van der Waals surface area (Å²) in [7, 11) is 0. The molecule has 0 spiro atoms. The Labute approximate surface area is 81.3 Å². The van der Waals surface area contributed by atoms with E-state index in [1.54, 1.807) is 24.4 Å². The SMILES string of the molecule is O[C@@H]1C(c2ccncn2)=CC=C[C@@H]1O. The fourth-order valence-corrected chi connectivity index (χ4v) is 1.36. The summed E-state index contributed by atoms with van der Waals surface area (Å²) in [4.78, 5) is 7.79. The second kappa shape index (κ2) is 3.69. The molecule has 4 nitrogen and oxygen atoms in total. The predicted molar refractivity (Wildman–Crippen MR) is 51.2 cm³/mol. The van der Waals surface area contributed by atoms with Crippen LogP contribution in [0.1, 0.15) is 5.69 Å². The zero-order chi connectivity index (χ0) is 9.97. The van der Waals surface area contributed by atoms with E-state index in [0.29, 0.717) is 11.3 Å². The van der Waals surface area contributed by atoms with Crippen LogP contribution in [0.2, 0.25) is 0 Å². The Morgan fingerprint density at radius 1 is 1.29 bits per heavy atom. The molecular formula is C10H10N2O2. The lowest BCUT2D eigenvalue weighted by Crippen LogP contribution is -2.27. The van der Waals surface area contributed by atoms with Gasteiger partial charge in [-0.1, -0.05) is 18.2 Å². The molecule has 1 aliphatic rings. The summed E-state index contributed by atoms with van der Waals surface area (Å²) >= 11 is 0. The molecule has 14 heavy (non-hydrogen) atoms. The summed E-state index contributed by atoms with van der Waals surface area (Å²) in [6.07, 6.45) is 6.22. The third-order valence-corrected chi connectivity index (χ3v) is 2.10. The highest BCUT2D eigenvalue weighted by atomic mass is 16.3. The van der Waals surface area contributed by atoms with Gasteiger partial charge in [-0.15, -0.1) is 0 Å². The third-order valence-electron chi connectivity index (χ3n) is 2.10. The second-order valence-corrected chi connectivity index (χ2v) is 3.04. The fraction of sp³-hybridized carbons (Fsp3) is 0.200. The molecule has 0 saturated carbocycles. The summed E-state index contributed by atoms with van der Waals surface area (Å²) in [5.41, 5.74) is 1.25. The minimum absolute atomic E-state index is 0.613. The largest absolute Gasteiger partial charge is 0.386 e. The maximum Gasteiger partial charge on any atom is 0.116 e. The van der Waals surface area contributed by atoms with E-state index in [2.05, 4.69) is 9.97 Å². The first-order valence-corrected chi connectivity index (χ1v) is 4.30. The molecule has 2 atom stereocenters. The molecule has 0 unspecified atom stereocenters. The van der Waals surface area contributed by atoms with Crippen LogP contribution in [-0.2, 0) is 0 Å². The Morgan fingerprint density at radius 3 is 2.86 bits per heavy atom. The average Bonchev–Trinajstić information content (AvgIpc) is 2.23. The highest BCUT2D eigenvalue weighted by molar-refractivity contribution is 5.69. The van der Waals surface area contributed by atoms with Crippen LogP contribution < -0.4 is 0 Å². The number of hydrogen-bond donors (Lipinski definition) is 2. The third kappa shape index (κ3) is 1.57. The maximum atomic E-state index is 9.66. The van der Waals surface area contributed by atoms with Crippen molar-refractivity contribution in [3.05, 3.63) is 42.5 Å². The Balaban J connectivity index is 2.35. The number of hydrogen-bond acceptors (Lipinski definition) is 4. The Kier molecular flexibility index (Phi) is 2.39. The van der Waals surface area contributed by atoms with Gasteiger partial charge in [-0.3, -0.25) is 0 Å². The van der Waals surface area contributed by atoms with Crippen LogP contribution >= 0.6 is 0 Å². The molecule has 1 heterocycles. The smallest absolute Gasteiger partial charge is 0.116 e. The number of aromatic nitrogens is 2. The molecule has 0 fully saturated rings. The van der Waals surface area contributed by atoms with Crippen molar-refractivity contribution in [2.24, 2.45) is 0 Å². The van der Waals surface area contributed by atoms with E-state index in [9.17, 15) is 10.2 Å². The monoisotopic (exact) mass is 190 g/mol. The zero-order valence-electron chi connectivity index (χ0n) is 7.41. The first-order chi connectivity index (χ1) is 6.79. The second-order valence-electron chi connectivity index (χ2n) is 3.04. The van der Waals surface area contributed by atoms with Crippen molar-refractivity contribution in [2.45, 2.75) is 12.2 Å². The fourth-order valence-electron chi connectivity index (χ4n) is 1.36. The van der Waals surface area contributed by atoms with Gasteiger partial charge in [-0.25, -0.2) is 9.97 Å². The Morgan fingerprint density at radius 2 is 2.14 bits per heavy atom. The van der Waals surface area contributed by atoms with Gasteiger partial charge >= 0.3 is 0 Å². The van der Waals surface area contributed by atoms with Gasteiger partial charge < -0.3 is 10.2 Å². The van der Waals surface area contributed by atoms with Crippen LogP contribution in [0, 0.1) is 0 Å². The summed E-state index contributed by atoms with van der Waals surface area (Å²) in [5.74, 6) is 0. The zero-order valence-corrected chi connectivity index (χ0v) is 7.41. The lowest BCUT2D eigenvalue weighted by atomic mass is 9.96. The van der Waals surface area contributed by atoms with E-state index in [-0.39, 0.29) is 0 Å². The molecule has 0 bridgehead atoms. The van der Waals surface area contributed by atoms with Crippen molar-refractivity contribution in [1.29, 1.82) is 0 Å². The van der Waals surface area contributed by atoms with Crippen LogP contribution in [0.4, 0.5) is 0 Å². The normalized spacial score (nSPS) is 26.0. The number of nitrogens with zero attached hydrogens (tertiary/aromatic N) is 2. The quantitative estimate of drug-likeness (QED) is 0.661. The number of allylic oxidation sites excluding steroid dienone is 2. The average molecular weight is 190 g/mol. The van der Waals surface area contributed by atoms with E-state index in [1.165, 1.54) is 12.4 Å². The lowest BCUT2D eigenvalue weighted by Gasteiger charge is -2.20. The van der Waals surface area contributed by atoms with Gasteiger partial charge in [-0.05, 0) is 6.07 Å². The first-order valence-electron chi connectivity index (χ1n) is 4.30. The lowest BCUT2D eigenvalue weighted by molar-refractivity contribution is 0.0857. The molecule has 2 rings (SSSR count). The first kappa shape index (κ1) is 9.05. The van der Waals surface area contributed by atoms with Gasteiger partial charge in [0.2, 0.25) is 0 Å². The molecule has 0 saturated heterocycles. The van der Waals surface area contributed by atoms with Gasteiger partial charge in [0, 0.05) is 11.8 Å². The number of aliphatic hydroxyl groups excluding tert-OH is 2. The molecule has 0 aliphatic heterocycles. The van der Waals surface area contributed by atoms with E-state index in [4.69, 9.17) is 0 Å². The van der Waals surface area contributed by atoms with Crippen LogP contribution in [-0.4, -0.2) is 32.4 Å². The molecular weight excluding hydrogens is 180 g/mol. The van der Waals surface area contributed by atoms with Crippen LogP contribution in [0.3, 0.4) is 0 Å². The standard InChI is InChI=1S/C10H10N2O2/c13-9-3-1-2-7(10(9)14)8-4-5-11-6-12-8/h1-6,9-10,13-14H/t9-,10+/m0/s1. The van der Waals surface area contributed by atoms with E-state index < -0.39 is 12.2 Å². The molecule has 0 aromatic carbocycles. The molecule has 2 N–H and O–H groups in total. The predicted octanol–water partition coefficient (Wildman–Crippen LogP) is 0.152. The van der Waals surface area contributed by atoms with Crippen molar-refractivity contribution in [3.8, 4) is 0 Å². The summed E-state index contributed by atoms with van der Waals surface area (Å²) in [6.45, 7) is 0. The van der Waals surface area contributed by atoms with Crippen molar-refractivity contribution in [1.82, 2.24) is 9.97 Å². The summed E-state index contributed by atoms with van der Waals surface area (Å²) < 4.78 is 0. The van der Waals surface area contributed by atoms with Crippen molar-refractivity contribution in [3.63, 3.8) is 0 Å². The molecule has 0 radical (unpaired) electrons. The Hall–Kier alpha value is -1.52. The van der Waals surface area contributed by atoms with E-state index in [0.717, 1.165) is 0 Å². The van der Waals surface area contributed by atoms with E-state index >= 15 is 0 Å². The Bertz CT molecular complexity index is 373. The van der Waals surface area contributed by atoms with Crippen molar-refractivity contribution < 1.29 is 10.2 Å². The minimum atomic E-state index is -0.908. The number of rotatable bonds is 1. The molecule has 72 valence electrons. The topological polar surface area (TPSA) is 66.2 Å². The molecule has 4 heteroatoms. The van der Waals surface area contributed by atoms with Gasteiger partial charge in [0.1, 0.15) is 18.5 Å². The molecule has 1 aromatic heterocycles.